The zero-order chi connectivity index (χ0) is 12.5. The average Bonchev–Trinajstić information content (AvgIpc) is 2.98. The molecule has 0 radical (unpaired) electrons. The number of aromatic nitrogens is 6. The maximum Gasteiger partial charge on any atom is 0.189 e. The molecule has 0 atom stereocenters. The van der Waals surface area contributed by atoms with E-state index in [-0.39, 0.29) is 0 Å². The van der Waals surface area contributed by atoms with Crippen molar-refractivity contribution in [2.45, 2.75) is 0 Å². The zero-order valence-corrected chi connectivity index (χ0v) is 9.72. The van der Waals surface area contributed by atoms with Crippen molar-refractivity contribution in [3.05, 3.63) is 36.7 Å². The van der Waals surface area contributed by atoms with Crippen molar-refractivity contribution in [2.24, 2.45) is 7.05 Å². The molecule has 0 aliphatic carbocycles. The first kappa shape index (κ1) is 10.5. The topological polar surface area (TPSA) is 87.4 Å². The smallest absolute Gasteiger partial charge is 0.189 e. The Labute approximate surface area is 103 Å². The van der Waals surface area contributed by atoms with Gasteiger partial charge in [-0.3, -0.25) is 4.68 Å². The van der Waals surface area contributed by atoms with Gasteiger partial charge >= 0.3 is 0 Å². The molecule has 2 N–H and O–H groups in total. The van der Waals surface area contributed by atoms with Crippen molar-refractivity contribution < 1.29 is 0 Å². The first-order valence-corrected chi connectivity index (χ1v) is 5.38. The minimum Gasteiger partial charge on any atom is -0.398 e. The van der Waals surface area contributed by atoms with Gasteiger partial charge in [0.15, 0.2) is 5.82 Å². The Morgan fingerprint density at radius 3 is 2.78 bits per heavy atom. The van der Waals surface area contributed by atoms with Crippen LogP contribution in [0.25, 0.3) is 17.1 Å². The summed E-state index contributed by atoms with van der Waals surface area (Å²) in [6.45, 7) is 0. The van der Waals surface area contributed by atoms with Crippen LogP contribution in [0, 0.1) is 0 Å². The van der Waals surface area contributed by atoms with Crippen LogP contribution in [0.1, 0.15) is 0 Å². The van der Waals surface area contributed by atoms with Crippen molar-refractivity contribution in [3.63, 3.8) is 0 Å². The third-order valence-electron chi connectivity index (χ3n) is 2.61. The van der Waals surface area contributed by atoms with Gasteiger partial charge in [0, 0.05) is 18.3 Å². The van der Waals surface area contributed by atoms with Crippen LogP contribution in [-0.2, 0) is 7.05 Å². The van der Waals surface area contributed by atoms with E-state index in [9.17, 15) is 0 Å². The minimum atomic E-state index is 0.598. The lowest BCUT2D eigenvalue weighted by Gasteiger charge is -2.04. The number of aryl methyl sites for hydroxylation is 1. The molecule has 7 nitrogen and oxygen atoms in total. The number of tetrazole rings is 1. The van der Waals surface area contributed by atoms with E-state index in [1.807, 2.05) is 37.5 Å². The number of anilines is 1. The highest BCUT2D eigenvalue weighted by molar-refractivity contribution is 5.71. The highest BCUT2D eigenvalue weighted by atomic mass is 15.5. The fourth-order valence-electron chi connectivity index (χ4n) is 1.75. The predicted octanol–water partition coefficient (Wildman–Crippen LogP) is 0.645. The summed E-state index contributed by atoms with van der Waals surface area (Å²) >= 11 is 0. The third kappa shape index (κ3) is 1.61. The molecule has 3 rings (SSSR count). The normalized spacial score (nSPS) is 10.7. The number of rotatable bonds is 2. The molecule has 18 heavy (non-hydrogen) atoms. The van der Waals surface area contributed by atoms with Crippen molar-refractivity contribution in [3.8, 4) is 17.1 Å². The molecule has 0 spiro atoms. The van der Waals surface area contributed by atoms with E-state index in [0.29, 0.717) is 11.5 Å². The molecular weight excluding hydrogens is 230 g/mol. The quantitative estimate of drug-likeness (QED) is 0.665. The van der Waals surface area contributed by atoms with Crippen LogP contribution in [0.3, 0.4) is 0 Å². The monoisotopic (exact) mass is 241 g/mol. The van der Waals surface area contributed by atoms with Gasteiger partial charge in [-0.1, -0.05) is 12.1 Å². The predicted molar refractivity (Wildman–Crippen MR) is 65.8 cm³/mol. The van der Waals surface area contributed by atoms with Crippen LogP contribution in [-0.4, -0.2) is 30.0 Å². The number of nitrogens with two attached hydrogens (primary N) is 1. The SMILES string of the molecule is Cn1cc(-n2nnnc2-c2ccccc2N)cn1. The highest BCUT2D eigenvalue weighted by Gasteiger charge is 2.13. The van der Waals surface area contributed by atoms with Gasteiger partial charge in [-0.05, 0) is 22.6 Å². The second-order valence-electron chi connectivity index (χ2n) is 3.87. The summed E-state index contributed by atoms with van der Waals surface area (Å²) in [6, 6.07) is 7.47. The molecule has 2 heterocycles. The molecule has 7 heteroatoms. The van der Waals surface area contributed by atoms with Gasteiger partial charge in [0.1, 0.15) is 5.69 Å². The maximum atomic E-state index is 5.93. The second kappa shape index (κ2) is 3.95. The standard InChI is InChI=1S/C11H11N7/c1-17-7-8(6-13-17)18-11(14-15-16-18)9-4-2-3-5-10(9)12/h2-7H,12H2,1H3. The van der Waals surface area contributed by atoms with Crippen LogP contribution in [0.2, 0.25) is 0 Å². The summed E-state index contributed by atoms with van der Waals surface area (Å²) < 4.78 is 3.30. The first-order chi connectivity index (χ1) is 8.75. The van der Waals surface area contributed by atoms with Gasteiger partial charge in [-0.15, -0.1) is 5.10 Å². The molecule has 0 unspecified atom stereocenters. The minimum absolute atomic E-state index is 0.598. The molecule has 90 valence electrons. The van der Waals surface area contributed by atoms with E-state index in [1.54, 1.807) is 15.6 Å². The third-order valence-corrected chi connectivity index (χ3v) is 2.61. The van der Waals surface area contributed by atoms with E-state index >= 15 is 0 Å². The second-order valence-corrected chi connectivity index (χ2v) is 3.87. The van der Waals surface area contributed by atoms with Crippen molar-refractivity contribution in [2.75, 3.05) is 5.73 Å². The van der Waals surface area contributed by atoms with Crippen molar-refractivity contribution >= 4 is 5.69 Å². The number of nitrogens with zero attached hydrogens (tertiary/aromatic N) is 6. The Hall–Kier alpha value is -2.70. The van der Waals surface area contributed by atoms with Crippen LogP contribution in [0.5, 0.6) is 0 Å². The van der Waals surface area contributed by atoms with Gasteiger partial charge in [0.25, 0.3) is 0 Å². The van der Waals surface area contributed by atoms with Crippen LogP contribution in [0.4, 0.5) is 5.69 Å². The lowest BCUT2D eigenvalue weighted by Crippen LogP contribution is -2.00. The molecule has 0 bridgehead atoms. The summed E-state index contributed by atoms with van der Waals surface area (Å²) in [6.07, 6.45) is 3.53. The number of benzene rings is 1. The van der Waals surface area contributed by atoms with E-state index in [2.05, 4.69) is 20.6 Å². The first-order valence-electron chi connectivity index (χ1n) is 5.38. The van der Waals surface area contributed by atoms with E-state index in [4.69, 9.17) is 5.73 Å². The number of nitrogen functional groups attached to an aromatic ring is 1. The van der Waals surface area contributed by atoms with Crippen molar-refractivity contribution in [1.29, 1.82) is 0 Å². The zero-order valence-electron chi connectivity index (χ0n) is 9.72. The van der Waals surface area contributed by atoms with Gasteiger partial charge < -0.3 is 5.73 Å². The Bertz CT molecular complexity index is 682. The molecular formula is C11H11N7. The van der Waals surface area contributed by atoms with Crippen LogP contribution >= 0.6 is 0 Å². The molecule has 3 aromatic rings. The Morgan fingerprint density at radius 2 is 2.06 bits per heavy atom. The Morgan fingerprint density at radius 1 is 1.22 bits per heavy atom. The summed E-state index contributed by atoms with van der Waals surface area (Å²) in [5.41, 5.74) is 8.16. The molecule has 0 aliphatic rings. The Kier molecular flexibility index (Phi) is 2.30. The van der Waals surface area contributed by atoms with Crippen molar-refractivity contribution in [1.82, 2.24) is 30.0 Å². The van der Waals surface area contributed by atoms with E-state index in [0.717, 1.165) is 11.3 Å². The van der Waals surface area contributed by atoms with Crippen LogP contribution in [0.15, 0.2) is 36.7 Å². The van der Waals surface area contributed by atoms with E-state index in [1.165, 1.54) is 0 Å². The highest BCUT2D eigenvalue weighted by Crippen LogP contribution is 2.24. The Balaban J connectivity index is 2.15. The summed E-state index contributed by atoms with van der Waals surface area (Å²) in [4.78, 5) is 0. The number of hydrogen-bond acceptors (Lipinski definition) is 5. The average molecular weight is 241 g/mol. The molecule has 0 saturated heterocycles. The lowest BCUT2D eigenvalue weighted by molar-refractivity contribution is 0.762. The molecule has 0 amide bonds. The van der Waals surface area contributed by atoms with Gasteiger partial charge in [-0.2, -0.15) is 9.78 Å². The van der Waals surface area contributed by atoms with Gasteiger partial charge in [0.2, 0.25) is 0 Å². The fourth-order valence-corrected chi connectivity index (χ4v) is 1.75. The summed E-state index contributed by atoms with van der Waals surface area (Å²) in [5.74, 6) is 0.598. The van der Waals surface area contributed by atoms with E-state index < -0.39 is 0 Å². The van der Waals surface area contributed by atoms with Crippen LogP contribution < -0.4 is 5.73 Å². The van der Waals surface area contributed by atoms with Gasteiger partial charge in [-0.25, -0.2) is 0 Å². The molecule has 0 saturated carbocycles. The molecule has 2 aromatic heterocycles. The number of hydrogen-bond donors (Lipinski definition) is 1. The largest absolute Gasteiger partial charge is 0.398 e. The maximum absolute atomic E-state index is 5.93. The molecule has 1 aromatic carbocycles. The summed E-state index contributed by atoms with van der Waals surface area (Å²) in [5, 5.41) is 15.8. The molecule has 0 fully saturated rings. The van der Waals surface area contributed by atoms with Gasteiger partial charge in [0.05, 0.1) is 12.4 Å². The number of para-hydroxylation sites is 1. The summed E-state index contributed by atoms with van der Waals surface area (Å²) in [7, 11) is 1.84. The lowest BCUT2D eigenvalue weighted by atomic mass is 10.1. The fraction of sp³-hybridized carbons (Fsp3) is 0.0909. The molecule has 0 aliphatic heterocycles.